The van der Waals surface area contributed by atoms with Gasteiger partial charge in [0.25, 0.3) is 0 Å². The van der Waals surface area contributed by atoms with Crippen molar-refractivity contribution in [2.24, 2.45) is 0 Å². The molecule has 0 saturated carbocycles. The highest BCUT2D eigenvalue weighted by Crippen LogP contribution is 2.23. The van der Waals surface area contributed by atoms with Crippen LogP contribution in [0.15, 0.2) is 24.3 Å². The lowest BCUT2D eigenvalue weighted by atomic mass is 10.3. The topological polar surface area (TPSA) is 23.3 Å². The quantitative estimate of drug-likeness (QED) is 0.742. The van der Waals surface area contributed by atoms with Crippen LogP contribution < -0.4 is 10.1 Å². The average molecular weight is 204 g/mol. The predicted octanol–water partition coefficient (Wildman–Crippen LogP) is 2.84. The highest BCUT2D eigenvalue weighted by molar-refractivity contribution is 5.40. The summed E-state index contributed by atoms with van der Waals surface area (Å²) in [6.45, 7) is 2.44. The van der Waals surface area contributed by atoms with Crippen LogP contribution in [0.25, 0.3) is 0 Å². The van der Waals surface area contributed by atoms with Gasteiger partial charge in [0.05, 0.1) is 5.69 Å². The van der Waals surface area contributed by atoms with Crippen LogP contribution in [-0.2, 0) is 0 Å². The van der Waals surface area contributed by atoms with Gasteiger partial charge >= 0.3 is 6.36 Å². The molecule has 0 atom stereocenters. The molecule has 0 aliphatic heterocycles. The van der Waals surface area contributed by atoms with Gasteiger partial charge in [0, 0.05) is 6.54 Å². The Bertz CT molecular complexity index is 281. The van der Waals surface area contributed by atoms with E-state index in [1.807, 2.05) is 6.92 Å². The lowest BCUT2D eigenvalue weighted by molar-refractivity contribution is -0.274. The summed E-state index contributed by atoms with van der Waals surface area (Å²) in [4.78, 5) is 0. The molecule has 0 N–H and O–H groups in total. The molecule has 0 unspecified atom stereocenters. The molecule has 0 aromatic heterocycles. The van der Waals surface area contributed by atoms with Crippen LogP contribution >= 0.6 is 0 Å². The zero-order chi connectivity index (χ0) is 10.6. The van der Waals surface area contributed by atoms with Crippen molar-refractivity contribution in [3.63, 3.8) is 0 Å². The van der Waals surface area contributed by atoms with E-state index in [4.69, 9.17) is 0 Å². The third-order valence-corrected chi connectivity index (χ3v) is 1.41. The smallest absolute Gasteiger partial charge is 0.406 e. The van der Waals surface area contributed by atoms with E-state index < -0.39 is 6.36 Å². The summed E-state index contributed by atoms with van der Waals surface area (Å²) in [6, 6.07) is 5.43. The molecule has 77 valence electrons. The van der Waals surface area contributed by atoms with Crippen LogP contribution in [0.1, 0.15) is 6.92 Å². The number of halogens is 3. The third-order valence-electron chi connectivity index (χ3n) is 1.41. The van der Waals surface area contributed by atoms with Crippen molar-refractivity contribution < 1.29 is 17.9 Å². The molecule has 14 heavy (non-hydrogen) atoms. The molecule has 0 amide bonds. The van der Waals surface area contributed by atoms with E-state index in [-0.39, 0.29) is 5.75 Å². The summed E-state index contributed by atoms with van der Waals surface area (Å²) in [6.07, 6.45) is -4.64. The summed E-state index contributed by atoms with van der Waals surface area (Å²) < 4.78 is 38.9. The molecular formula is C9H9F3NO. The first kappa shape index (κ1) is 10.7. The first-order valence-electron chi connectivity index (χ1n) is 4.04. The van der Waals surface area contributed by atoms with Gasteiger partial charge in [0.15, 0.2) is 0 Å². The van der Waals surface area contributed by atoms with Crippen LogP contribution in [0.5, 0.6) is 5.75 Å². The Kier molecular flexibility index (Phi) is 3.22. The number of hydrogen-bond donors (Lipinski definition) is 0. The van der Waals surface area contributed by atoms with Crippen LogP contribution in [0.4, 0.5) is 18.9 Å². The number of rotatable bonds is 3. The summed E-state index contributed by atoms with van der Waals surface area (Å²) >= 11 is 0. The zero-order valence-electron chi connectivity index (χ0n) is 7.51. The summed E-state index contributed by atoms with van der Waals surface area (Å²) in [5, 5.41) is 4.01. The van der Waals surface area contributed by atoms with E-state index in [0.717, 1.165) is 0 Å². The second-order valence-electron chi connectivity index (χ2n) is 2.52. The predicted molar refractivity (Wildman–Crippen MR) is 45.5 cm³/mol. The number of hydrogen-bond acceptors (Lipinski definition) is 1. The minimum atomic E-state index is -4.64. The summed E-state index contributed by atoms with van der Waals surface area (Å²) in [5.74, 6) is -0.229. The first-order valence-corrected chi connectivity index (χ1v) is 4.04. The lowest BCUT2D eigenvalue weighted by Crippen LogP contribution is -2.17. The molecule has 0 aliphatic carbocycles. The third kappa shape index (κ3) is 3.55. The van der Waals surface area contributed by atoms with Crippen molar-refractivity contribution in [3.8, 4) is 5.75 Å². The Balaban J connectivity index is 2.64. The lowest BCUT2D eigenvalue weighted by Gasteiger charge is -2.08. The molecular weight excluding hydrogens is 195 g/mol. The highest BCUT2D eigenvalue weighted by Gasteiger charge is 2.30. The van der Waals surface area contributed by atoms with Crippen molar-refractivity contribution in [3.05, 3.63) is 24.3 Å². The van der Waals surface area contributed by atoms with Gasteiger partial charge in [-0.25, -0.2) is 0 Å². The van der Waals surface area contributed by atoms with E-state index >= 15 is 0 Å². The van der Waals surface area contributed by atoms with Gasteiger partial charge in [0.2, 0.25) is 0 Å². The molecule has 0 aliphatic rings. The number of benzene rings is 1. The molecule has 1 aromatic carbocycles. The van der Waals surface area contributed by atoms with E-state index in [1.54, 1.807) is 0 Å². The van der Waals surface area contributed by atoms with Crippen molar-refractivity contribution >= 4 is 5.69 Å². The molecule has 2 nitrogen and oxygen atoms in total. The van der Waals surface area contributed by atoms with Gasteiger partial charge in [-0.2, -0.15) is 0 Å². The van der Waals surface area contributed by atoms with Gasteiger partial charge in [-0.3, -0.25) is 5.32 Å². The van der Waals surface area contributed by atoms with E-state index in [0.29, 0.717) is 12.2 Å². The minimum absolute atomic E-state index is 0.229. The van der Waals surface area contributed by atoms with Crippen molar-refractivity contribution in [1.29, 1.82) is 0 Å². The second kappa shape index (κ2) is 4.21. The average Bonchev–Trinajstić information content (AvgIpc) is 2.06. The molecule has 0 bridgehead atoms. The summed E-state index contributed by atoms with van der Waals surface area (Å²) in [7, 11) is 0. The molecule has 5 heteroatoms. The van der Waals surface area contributed by atoms with E-state index in [2.05, 4.69) is 10.1 Å². The largest absolute Gasteiger partial charge is 0.573 e. The molecule has 1 radical (unpaired) electrons. The van der Waals surface area contributed by atoms with Crippen molar-refractivity contribution in [2.75, 3.05) is 6.54 Å². The first-order chi connectivity index (χ1) is 6.51. The van der Waals surface area contributed by atoms with Crippen LogP contribution in [-0.4, -0.2) is 12.9 Å². The van der Waals surface area contributed by atoms with Crippen LogP contribution in [0.2, 0.25) is 0 Å². The molecule has 0 heterocycles. The zero-order valence-corrected chi connectivity index (χ0v) is 7.51. The SMILES string of the molecule is CC[N]c1ccc(OC(F)(F)F)cc1. The Morgan fingerprint density at radius 3 is 2.21 bits per heavy atom. The van der Waals surface area contributed by atoms with Gasteiger partial charge in [-0.1, -0.05) is 0 Å². The second-order valence-corrected chi connectivity index (χ2v) is 2.52. The Morgan fingerprint density at radius 1 is 1.21 bits per heavy atom. The van der Waals surface area contributed by atoms with Crippen molar-refractivity contribution in [2.45, 2.75) is 13.3 Å². The van der Waals surface area contributed by atoms with Gasteiger partial charge in [-0.05, 0) is 31.2 Å². The molecule has 0 spiro atoms. The standard InChI is InChI=1S/C9H9F3NO/c1-2-13-7-3-5-8(6-4-7)14-9(10,11)12/h3-6H,2H2,1H3. The van der Waals surface area contributed by atoms with Gasteiger partial charge in [0.1, 0.15) is 5.75 Å². The Morgan fingerprint density at radius 2 is 1.79 bits per heavy atom. The van der Waals surface area contributed by atoms with Gasteiger partial charge in [-0.15, -0.1) is 13.2 Å². The number of ether oxygens (including phenoxy) is 1. The molecule has 1 rings (SSSR count). The van der Waals surface area contributed by atoms with E-state index in [1.165, 1.54) is 24.3 Å². The minimum Gasteiger partial charge on any atom is -0.406 e. The molecule has 0 fully saturated rings. The van der Waals surface area contributed by atoms with Crippen molar-refractivity contribution in [1.82, 2.24) is 5.32 Å². The molecule has 0 saturated heterocycles. The van der Waals surface area contributed by atoms with E-state index in [9.17, 15) is 13.2 Å². The molecule has 1 aromatic rings. The summed E-state index contributed by atoms with van der Waals surface area (Å²) in [5.41, 5.74) is 0.641. The number of alkyl halides is 3. The fourth-order valence-electron chi connectivity index (χ4n) is 0.936. The fraction of sp³-hybridized carbons (Fsp3) is 0.333. The monoisotopic (exact) mass is 204 g/mol. The fourth-order valence-corrected chi connectivity index (χ4v) is 0.936. The Labute approximate surface area is 79.7 Å². The maximum atomic E-state index is 11.7. The van der Waals surface area contributed by atoms with Crippen LogP contribution in [0, 0.1) is 0 Å². The van der Waals surface area contributed by atoms with Crippen LogP contribution in [0.3, 0.4) is 0 Å². The maximum Gasteiger partial charge on any atom is 0.573 e. The number of nitrogens with zero attached hydrogens (tertiary/aromatic N) is 1. The Hall–Kier alpha value is -1.39. The normalized spacial score (nSPS) is 11.1. The van der Waals surface area contributed by atoms with Gasteiger partial charge < -0.3 is 4.74 Å². The maximum absolute atomic E-state index is 11.7. The highest BCUT2D eigenvalue weighted by atomic mass is 19.4.